The summed E-state index contributed by atoms with van der Waals surface area (Å²) in [5.41, 5.74) is 6.41. The maximum Gasteiger partial charge on any atom is 0.152 e. The van der Waals surface area contributed by atoms with Crippen molar-refractivity contribution < 1.29 is 0 Å². The SMILES string of the molecule is Cc1ccc(-c2cs[c]n2)c2ccccc12. The zero-order valence-corrected chi connectivity index (χ0v) is 9.71. The molecule has 0 aliphatic rings. The summed E-state index contributed by atoms with van der Waals surface area (Å²) in [6.45, 7) is 2.14. The molecular weight excluding hydrogens is 214 g/mol. The molecule has 0 atom stereocenters. The number of fused-ring (bicyclic) bond motifs is 1. The molecule has 0 unspecified atom stereocenters. The van der Waals surface area contributed by atoms with Crippen molar-refractivity contribution in [3.63, 3.8) is 0 Å². The number of nitrogens with zero attached hydrogens (tertiary/aromatic N) is 1. The van der Waals surface area contributed by atoms with E-state index in [0.717, 1.165) is 5.69 Å². The van der Waals surface area contributed by atoms with E-state index in [1.54, 1.807) is 0 Å². The summed E-state index contributed by atoms with van der Waals surface area (Å²) < 4.78 is 0. The van der Waals surface area contributed by atoms with Gasteiger partial charge in [0.15, 0.2) is 5.51 Å². The van der Waals surface area contributed by atoms with Crippen LogP contribution in [-0.2, 0) is 0 Å². The number of aromatic nitrogens is 1. The first-order valence-corrected chi connectivity index (χ1v) is 6.04. The van der Waals surface area contributed by atoms with E-state index in [9.17, 15) is 0 Å². The fourth-order valence-corrected chi connectivity index (χ4v) is 2.48. The normalized spacial score (nSPS) is 10.8. The molecule has 2 aromatic carbocycles. The van der Waals surface area contributed by atoms with E-state index in [2.05, 4.69) is 53.8 Å². The smallest absolute Gasteiger partial charge is 0.152 e. The molecule has 0 N–H and O–H groups in total. The molecule has 0 saturated heterocycles. The van der Waals surface area contributed by atoms with Gasteiger partial charge in [0.05, 0.1) is 5.69 Å². The lowest BCUT2D eigenvalue weighted by Gasteiger charge is -2.06. The van der Waals surface area contributed by atoms with Crippen molar-refractivity contribution in [2.45, 2.75) is 6.92 Å². The highest BCUT2D eigenvalue weighted by Gasteiger charge is 2.06. The van der Waals surface area contributed by atoms with Crippen LogP contribution in [0.25, 0.3) is 22.0 Å². The highest BCUT2D eigenvalue weighted by molar-refractivity contribution is 7.07. The number of hydrogen-bond acceptors (Lipinski definition) is 2. The number of hydrogen-bond donors (Lipinski definition) is 0. The molecule has 0 aliphatic carbocycles. The third kappa shape index (κ3) is 1.42. The van der Waals surface area contributed by atoms with Crippen LogP contribution in [0.15, 0.2) is 41.8 Å². The van der Waals surface area contributed by atoms with Gasteiger partial charge in [-0.25, -0.2) is 4.98 Å². The first-order chi connectivity index (χ1) is 7.86. The first-order valence-electron chi connectivity index (χ1n) is 5.16. The molecule has 0 spiro atoms. The van der Waals surface area contributed by atoms with Gasteiger partial charge in [0.25, 0.3) is 0 Å². The van der Waals surface area contributed by atoms with E-state index >= 15 is 0 Å². The maximum absolute atomic E-state index is 4.26. The lowest BCUT2D eigenvalue weighted by atomic mass is 9.99. The van der Waals surface area contributed by atoms with Crippen LogP contribution in [0.1, 0.15) is 5.56 Å². The molecule has 3 aromatic rings. The van der Waals surface area contributed by atoms with E-state index in [1.807, 2.05) is 5.38 Å². The molecule has 77 valence electrons. The van der Waals surface area contributed by atoms with Crippen molar-refractivity contribution in [1.29, 1.82) is 0 Å². The molecule has 0 amide bonds. The van der Waals surface area contributed by atoms with Crippen LogP contribution in [-0.4, -0.2) is 4.98 Å². The van der Waals surface area contributed by atoms with E-state index in [-0.39, 0.29) is 0 Å². The van der Waals surface area contributed by atoms with Crippen LogP contribution in [0.4, 0.5) is 0 Å². The summed E-state index contributed by atoms with van der Waals surface area (Å²) >= 11 is 1.51. The van der Waals surface area contributed by atoms with Gasteiger partial charge in [-0.1, -0.05) is 36.4 Å². The van der Waals surface area contributed by atoms with Crippen LogP contribution < -0.4 is 0 Å². The van der Waals surface area contributed by atoms with Crippen molar-refractivity contribution in [2.75, 3.05) is 0 Å². The Morgan fingerprint density at radius 2 is 1.88 bits per heavy atom. The second kappa shape index (κ2) is 3.72. The Bertz CT molecular complexity index is 626. The number of aryl methyl sites for hydroxylation is 1. The number of thiazole rings is 1. The second-order valence-electron chi connectivity index (χ2n) is 3.80. The van der Waals surface area contributed by atoms with Crippen molar-refractivity contribution in [2.24, 2.45) is 0 Å². The monoisotopic (exact) mass is 224 g/mol. The minimum Gasteiger partial charge on any atom is -0.233 e. The summed E-state index contributed by atoms with van der Waals surface area (Å²) in [6, 6.07) is 12.7. The molecule has 0 saturated carbocycles. The van der Waals surface area contributed by atoms with Gasteiger partial charge in [0, 0.05) is 10.9 Å². The summed E-state index contributed by atoms with van der Waals surface area (Å²) in [7, 11) is 0. The first kappa shape index (κ1) is 9.55. The molecule has 1 heterocycles. The quantitative estimate of drug-likeness (QED) is 0.607. The predicted octanol–water partition coefficient (Wildman–Crippen LogP) is 4.07. The third-order valence-electron chi connectivity index (χ3n) is 2.81. The molecule has 0 bridgehead atoms. The molecule has 1 aromatic heterocycles. The van der Waals surface area contributed by atoms with Crippen LogP contribution >= 0.6 is 11.3 Å². The summed E-state index contributed by atoms with van der Waals surface area (Å²) in [5.74, 6) is 0. The minimum atomic E-state index is 1.02. The van der Waals surface area contributed by atoms with E-state index < -0.39 is 0 Å². The average Bonchev–Trinajstić information content (AvgIpc) is 2.83. The Morgan fingerprint density at radius 3 is 2.62 bits per heavy atom. The van der Waals surface area contributed by atoms with Gasteiger partial charge in [-0.2, -0.15) is 0 Å². The Hall–Kier alpha value is -1.67. The van der Waals surface area contributed by atoms with Gasteiger partial charge < -0.3 is 0 Å². The largest absolute Gasteiger partial charge is 0.233 e. The van der Waals surface area contributed by atoms with Crippen molar-refractivity contribution in [3.8, 4) is 11.3 Å². The molecule has 1 nitrogen and oxygen atoms in total. The summed E-state index contributed by atoms with van der Waals surface area (Å²) in [5, 5.41) is 4.60. The highest BCUT2D eigenvalue weighted by atomic mass is 32.1. The van der Waals surface area contributed by atoms with Crippen LogP contribution in [0.2, 0.25) is 0 Å². The zero-order valence-electron chi connectivity index (χ0n) is 8.90. The lowest BCUT2D eigenvalue weighted by Crippen LogP contribution is -1.83. The average molecular weight is 224 g/mol. The number of benzene rings is 2. The van der Waals surface area contributed by atoms with Crippen molar-refractivity contribution in [3.05, 3.63) is 52.9 Å². The highest BCUT2D eigenvalue weighted by Crippen LogP contribution is 2.29. The molecule has 1 radical (unpaired) electrons. The van der Waals surface area contributed by atoms with Gasteiger partial charge in [0.2, 0.25) is 0 Å². The Balaban J connectivity index is 2.39. The molecule has 3 rings (SSSR count). The second-order valence-corrected chi connectivity index (χ2v) is 4.45. The predicted molar refractivity (Wildman–Crippen MR) is 68.6 cm³/mol. The summed E-state index contributed by atoms with van der Waals surface area (Å²) in [6.07, 6.45) is 0. The molecule has 16 heavy (non-hydrogen) atoms. The topological polar surface area (TPSA) is 12.9 Å². The van der Waals surface area contributed by atoms with E-state index in [1.165, 1.54) is 33.2 Å². The zero-order chi connectivity index (χ0) is 11.0. The minimum absolute atomic E-state index is 1.02. The van der Waals surface area contributed by atoms with Crippen molar-refractivity contribution >= 4 is 22.1 Å². The van der Waals surface area contributed by atoms with Gasteiger partial charge in [0.1, 0.15) is 0 Å². The molecule has 2 heteroatoms. The Labute approximate surface area is 98.4 Å². The molecular formula is C14H10NS. The third-order valence-corrected chi connectivity index (χ3v) is 3.35. The van der Waals surface area contributed by atoms with Crippen LogP contribution in [0.5, 0.6) is 0 Å². The van der Waals surface area contributed by atoms with E-state index in [0.29, 0.717) is 0 Å². The van der Waals surface area contributed by atoms with Gasteiger partial charge >= 0.3 is 0 Å². The fourth-order valence-electron chi connectivity index (χ4n) is 1.98. The summed E-state index contributed by atoms with van der Waals surface area (Å²) in [4.78, 5) is 4.26. The van der Waals surface area contributed by atoms with E-state index in [4.69, 9.17) is 0 Å². The maximum atomic E-state index is 4.26. The van der Waals surface area contributed by atoms with Gasteiger partial charge in [-0.3, -0.25) is 0 Å². The lowest BCUT2D eigenvalue weighted by molar-refractivity contribution is 1.40. The standard InChI is InChI=1S/C14H10NS/c1-10-6-7-13(14-8-16-9-15-14)12-5-3-2-4-11(10)12/h2-8H,1H3. The van der Waals surface area contributed by atoms with Crippen LogP contribution in [0, 0.1) is 12.4 Å². The van der Waals surface area contributed by atoms with Gasteiger partial charge in [-0.15, -0.1) is 11.3 Å². The van der Waals surface area contributed by atoms with Crippen molar-refractivity contribution in [1.82, 2.24) is 4.98 Å². The number of rotatable bonds is 1. The molecule has 0 aliphatic heterocycles. The van der Waals surface area contributed by atoms with Gasteiger partial charge in [-0.05, 0) is 23.3 Å². The molecule has 0 fully saturated rings. The fraction of sp³-hybridized carbons (Fsp3) is 0.0714. The van der Waals surface area contributed by atoms with Crippen LogP contribution in [0.3, 0.4) is 0 Å². The Morgan fingerprint density at radius 1 is 1.06 bits per heavy atom. The Kier molecular flexibility index (Phi) is 2.22.